The molecule has 2 heteroatoms. The molecule has 2 fully saturated rings. The van der Waals surface area contributed by atoms with E-state index in [-0.39, 0.29) is 0 Å². The standard InChI is InChI=1S/C17H30O2/c1-3-16(19-4-2)8-6-5-7-13-9-10-14-11-15(18)12-17(13)14/h13-14,16-17H,3-12H2,1-2H3. The van der Waals surface area contributed by atoms with Crippen LogP contribution in [0.15, 0.2) is 0 Å². The Kier molecular flexibility index (Phi) is 5.87. The van der Waals surface area contributed by atoms with E-state index in [1.165, 1.54) is 38.5 Å². The van der Waals surface area contributed by atoms with Crippen LogP contribution in [0.5, 0.6) is 0 Å². The molecule has 110 valence electrons. The zero-order valence-corrected chi connectivity index (χ0v) is 12.7. The minimum absolute atomic E-state index is 0.467. The zero-order valence-electron chi connectivity index (χ0n) is 12.7. The molecule has 2 aliphatic carbocycles. The van der Waals surface area contributed by atoms with Gasteiger partial charge in [-0.15, -0.1) is 0 Å². The lowest BCUT2D eigenvalue weighted by atomic mass is 9.88. The van der Waals surface area contributed by atoms with Gasteiger partial charge in [-0.2, -0.15) is 0 Å². The third kappa shape index (κ3) is 4.05. The molecule has 0 aromatic carbocycles. The van der Waals surface area contributed by atoms with Crippen molar-refractivity contribution in [3.8, 4) is 0 Å². The monoisotopic (exact) mass is 266 g/mol. The maximum Gasteiger partial charge on any atom is 0.133 e. The minimum atomic E-state index is 0.467. The SMILES string of the molecule is CCOC(CC)CCCCC1CCC2CC(=O)CC12. The molecule has 0 aromatic heterocycles. The van der Waals surface area contributed by atoms with E-state index in [1.54, 1.807) is 0 Å². The number of Topliss-reactive ketones (excluding diaryl/α,β-unsaturated/α-hetero) is 1. The van der Waals surface area contributed by atoms with Gasteiger partial charge in [0, 0.05) is 19.4 Å². The van der Waals surface area contributed by atoms with Crippen LogP contribution in [-0.2, 0) is 9.53 Å². The van der Waals surface area contributed by atoms with E-state index in [0.29, 0.717) is 11.9 Å². The fourth-order valence-electron chi connectivity index (χ4n) is 4.24. The van der Waals surface area contributed by atoms with Crippen LogP contribution >= 0.6 is 0 Å². The van der Waals surface area contributed by atoms with Crippen LogP contribution in [0.4, 0.5) is 0 Å². The molecule has 0 aromatic rings. The number of ketones is 1. The van der Waals surface area contributed by atoms with E-state index in [2.05, 4.69) is 13.8 Å². The van der Waals surface area contributed by atoms with Gasteiger partial charge >= 0.3 is 0 Å². The van der Waals surface area contributed by atoms with E-state index in [0.717, 1.165) is 43.6 Å². The molecule has 0 N–H and O–H groups in total. The maximum atomic E-state index is 11.5. The summed E-state index contributed by atoms with van der Waals surface area (Å²) in [6, 6.07) is 0. The topological polar surface area (TPSA) is 26.3 Å². The number of hydrogen-bond acceptors (Lipinski definition) is 2. The second-order valence-electron chi connectivity index (χ2n) is 6.48. The van der Waals surface area contributed by atoms with Crippen molar-refractivity contribution >= 4 is 5.78 Å². The predicted molar refractivity (Wildman–Crippen MR) is 78.1 cm³/mol. The van der Waals surface area contributed by atoms with Gasteiger partial charge in [0.05, 0.1) is 6.10 Å². The first-order chi connectivity index (χ1) is 9.24. The van der Waals surface area contributed by atoms with Crippen LogP contribution in [0.1, 0.15) is 71.6 Å². The second-order valence-corrected chi connectivity index (χ2v) is 6.48. The lowest BCUT2D eigenvalue weighted by Crippen LogP contribution is -2.12. The number of ether oxygens (including phenoxy) is 1. The summed E-state index contributed by atoms with van der Waals surface area (Å²) in [7, 11) is 0. The first-order valence-electron chi connectivity index (χ1n) is 8.37. The summed E-state index contributed by atoms with van der Waals surface area (Å²) in [6.07, 6.45) is 11.3. The summed E-state index contributed by atoms with van der Waals surface area (Å²) >= 11 is 0. The van der Waals surface area contributed by atoms with Gasteiger partial charge in [-0.05, 0) is 50.4 Å². The molecule has 0 radical (unpaired) electrons. The van der Waals surface area contributed by atoms with E-state index < -0.39 is 0 Å². The molecule has 4 unspecified atom stereocenters. The number of fused-ring (bicyclic) bond motifs is 1. The summed E-state index contributed by atoms with van der Waals surface area (Å²) in [4.78, 5) is 11.5. The molecule has 0 spiro atoms. The average Bonchev–Trinajstić information content (AvgIpc) is 2.93. The van der Waals surface area contributed by atoms with Crippen LogP contribution in [-0.4, -0.2) is 18.5 Å². The molecular weight excluding hydrogens is 236 g/mol. The van der Waals surface area contributed by atoms with Crippen LogP contribution in [0, 0.1) is 17.8 Å². The van der Waals surface area contributed by atoms with Crippen molar-refractivity contribution in [3.63, 3.8) is 0 Å². The van der Waals surface area contributed by atoms with Gasteiger partial charge in [0.25, 0.3) is 0 Å². The smallest absolute Gasteiger partial charge is 0.133 e. The van der Waals surface area contributed by atoms with Gasteiger partial charge in [0.2, 0.25) is 0 Å². The van der Waals surface area contributed by atoms with Crippen molar-refractivity contribution in [2.24, 2.45) is 17.8 Å². The molecular formula is C17H30O2. The highest BCUT2D eigenvalue weighted by Crippen LogP contribution is 2.47. The highest BCUT2D eigenvalue weighted by atomic mass is 16.5. The molecule has 19 heavy (non-hydrogen) atoms. The van der Waals surface area contributed by atoms with E-state index in [1.807, 2.05) is 0 Å². The molecule has 0 heterocycles. The molecule has 0 amide bonds. The van der Waals surface area contributed by atoms with Crippen LogP contribution in [0.3, 0.4) is 0 Å². The van der Waals surface area contributed by atoms with E-state index in [9.17, 15) is 4.79 Å². The Morgan fingerprint density at radius 3 is 2.79 bits per heavy atom. The summed E-state index contributed by atoms with van der Waals surface area (Å²) in [6.45, 7) is 5.14. The van der Waals surface area contributed by atoms with Gasteiger partial charge in [0.15, 0.2) is 0 Å². The molecule has 4 atom stereocenters. The zero-order chi connectivity index (χ0) is 13.7. The second kappa shape index (κ2) is 7.42. The quantitative estimate of drug-likeness (QED) is 0.610. The Labute approximate surface area is 118 Å². The third-order valence-electron chi connectivity index (χ3n) is 5.28. The maximum absolute atomic E-state index is 11.5. The Morgan fingerprint density at radius 2 is 2.05 bits per heavy atom. The van der Waals surface area contributed by atoms with Crippen LogP contribution in [0.25, 0.3) is 0 Å². The lowest BCUT2D eigenvalue weighted by Gasteiger charge is -2.19. The van der Waals surface area contributed by atoms with Crippen molar-refractivity contribution in [2.45, 2.75) is 77.7 Å². The molecule has 0 bridgehead atoms. The van der Waals surface area contributed by atoms with Crippen molar-refractivity contribution in [1.82, 2.24) is 0 Å². The first-order valence-corrected chi connectivity index (χ1v) is 8.37. The normalized spacial score (nSPS) is 31.7. The van der Waals surface area contributed by atoms with Gasteiger partial charge in [-0.1, -0.05) is 26.2 Å². The molecule has 2 saturated carbocycles. The highest BCUT2D eigenvalue weighted by molar-refractivity contribution is 5.81. The number of carbonyl (C=O) groups excluding carboxylic acids is 1. The molecule has 2 nitrogen and oxygen atoms in total. The largest absolute Gasteiger partial charge is 0.379 e. The summed E-state index contributed by atoms with van der Waals surface area (Å²) in [5, 5.41) is 0. The number of carbonyl (C=O) groups is 1. The Bertz CT molecular complexity index is 287. The summed E-state index contributed by atoms with van der Waals surface area (Å²) < 4.78 is 5.70. The molecule has 2 rings (SSSR count). The summed E-state index contributed by atoms with van der Waals surface area (Å²) in [5.41, 5.74) is 0. The average molecular weight is 266 g/mol. The van der Waals surface area contributed by atoms with E-state index >= 15 is 0 Å². The molecule has 0 saturated heterocycles. The van der Waals surface area contributed by atoms with Gasteiger partial charge < -0.3 is 4.74 Å². The number of rotatable bonds is 8. The Morgan fingerprint density at radius 1 is 1.21 bits per heavy atom. The van der Waals surface area contributed by atoms with Crippen molar-refractivity contribution in [3.05, 3.63) is 0 Å². The van der Waals surface area contributed by atoms with Crippen molar-refractivity contribution in [2.75, 3.05) is 6.61 Å². The van der Waals surface area contributed by atoms with Crippen molar-refractivity contribution < 1.29 is 9.53 Å². The molecule has 0 aliphatic heterocycles. The van der Waals surface area contributed by atoms with Gasteiger partial charge in [-0.25, -0.2) is 0 Å². The lowest BCUT2D eigenvalue weighted by molar-refractivity contribution is -0.118. The first kappa shape index (κ1) is 15.0. The minimum Gasteiger partial charge on any atom is -0.379 e. The Balaban J connectivity index is 1.62. The summed E-state index contributed by atoms with van der Waals surface area (Å²) in [5.74, 6) is 2.89. The van der Waals surface area contributed by atoms with E-state index in [4.69, 9.17) is 4.74 Å². The number of hydrogen-bond donors (Lipinski definition) is 0. The van der Waals surface area contributed by atoms with Gasteiger partial charge in [-0.3, -0.25) is 4.79 Å². The molecule has 2 aliphatic rings. The van der Waals surface area contributed by atoms with Crippen LogP contribution in [0.2, 0.25) is 0 Å². The number of unbranched alkanes of at least 4 members (excludes halogenated alkanes) is 1. The van der Waals surface area contributed by atoms with Crippen LogP contribution < -0.4 is 0 Å². The predicted octanol–water partition coefficient (Wildman–Crippen LogP) is 4.37. The fourth-order valence-corrected chi connectivity index (χ4v) is 4.24. The Hall–Kier alpha value is -0.370. The highest BCUT2D eigenvalue weighted by Gasteiger charge is 2.42. The third-order valence-corrected chi connectivity index (χ3v) is 5.28. The fraction of sp³-hybridized carbons (Fsp3) is 0.941. The van der Waals surface area contributed by atoms with Gasteiger partial charge in [0.1, 0.15) is 5.78 Å². The van der Waals surface area contributed by atoms with Crippen molar-refractivity contribution in [1.29, 1.82) is 0 Å².